The number of benzene rings is 4. The molecule has 0 amide bonds. The molecular formula is C29H25ClN2O3. The number of ether oxygens (including phenoxy) is 1. The molecule has 5 aromatic rings. The van der Waals surface area contributed by atoms with Crippen LogP contribution in [-0.2, 0) is 24.4 Å². The molecule has 0 radical (unpaired) electrons. The number of carboxylic acid groups (broad SMARTS) is 1. The molecule has 0 spiro atoms. The van der Waals surface area contributed by atoms with Crippen LogP contribution < -0.4 is 10.1 Å². The first-order valence-corrected chi connectivity index (χ1v) is 11.9. The summed E-state index contributed by atoms with van der Waals surface area (Å²) in [4.78, 5) is 15.4. The Bertz CT molecular complexity index is 1480. The first-order valence-electron chi connectivity index (χ1n) is 11.5. The maximum atomic E-state index is 12.2. The number of nitrogens with one attached hydrogen (secondary N) is 2. The van der Waals surface area contributed by atoms with Crippen molar-refractivity contribution in [3.05, 3.63) is 113 Å². The van der Waals surface area contributed by atoms with Crippen molar-refractivity contribution in [2.45, 2.75) is 25.6 Å². The van der Waals surface area contributed by atoms with Gasteiger partial charge in [-0.25, -0.2) is 0 Å². The van der Waals surface area contributed by atoms with Crippen LogP contribution in [0.1, 0.15) is 16.7 Å². The maximum Gasteiger partial charge on any atom is 0.321 e. The molecule has 0 saturated heterocycles. The molecule has 1 heterocycles. The predicted octanol–water partition coefficient (Wildman–Crippen LogP) is 6.34. The molecule has 1 atom stereocenters. The van der Waals surface area contributed by atoms with Gasteiger partial charge >= 0.3 is 5.97 Å². The van der Waals surface area contributed by atoms with E-state index < -0.39 is 12.0 Å². The lowest BCUT2D eigenvalue weighted by atomic mass is 10.0. The van der Waals surface area contributed by atoms with E-state index in [-0.39, 0.29) is 0 Å². The molecule has 3 N–H and O–H groups in total. The highest BCUT2D eigenvalue weighted by atomic mass is 35.5. The summed E-state index contributed by atoms with van der Waals surface area (Å²) in [5.41, 5.74) is 3.91. The molecule has 0 aliphatic heterocycles. The lowest BCUT2D eigenvalue weighted by molar-refractivity contribution is -0.139. The van der Waals surface area contributed by atoms with Gasteiger partial charge in [0.25, 0.3) is 0 Å². The van der Waals surface area contributed by atoms with Crippen molar-refractivity contribution in [2.75, 3.05) is 0 Å². The average Bonchev–Trinajstić information content (AvgIpc) is 3.29. The molecule has 5 rings (SSSR count). The van der Waals surface area contributed by atoms with Crippen molar-refractivity contribution < 1.29 is 14.6 Å². The SMILES string of the molecule is O=C(O)C(Cc1c[nH]c2ccccc12)NCc1c(OCc2ccc(Cl)cc2)ccc2ccccc12. The molecule has 35 heavy (non-hydrogen) atoms. The first-order chi connectivity index (χ1) is 17.1. The van der Waals surface area contributed by atoms with Crippen LogP contribution in [0.4, 0.5) is 0 Å². The van der Waals surface area contributed by atoms with Gasteiger partial charge in [0.05, 0.1) is 0 Å². The maximum absolute atomic E-state index is 12.2. The highest BCUT2D eigenvalue weighted by Crippen LogP contribution is 2.29. The molecule has 1 unspecified atom stereocenters. The van der Waals surface area contributed by atoms with Gasteiger partial charge in [-0.2, -0.15) is 0 Å². The number of carboxylic acids is 1. The highest BCUT2D eigenvalue weighted by molar-refractivity contribution is 6.30. The lowest BCUT2D eigenvalue weighted by Gasteiger charge is -2.18. The molecule has 0 bridgehead atoms. The second kappa shape index (κ2) is 10.2. The molecule has 6 heteroatoms. The van der Waals surface area contributed by atoms with E-state index in [1.807, 2.05) is 91.1 Å². The Morgan fingerprint density at radius 2 is 1.69 bits per heavy atom. The van der Waals surface area contributed by atoms with Crippen molar-refractivity contribution in [2.24, 2.45) is 0 Å². The normalized spacial score (nSPS) is 12.1. The summed E-state index contributed by atoms with van der Waals surface area (Å²) < 4.78 is 6.19. The van der Waals surface area contributed by atoms with E-state index in [2.05, 4.69) is 10.3 Å². The molecule has 0 aliphatic carbocycles. The van der Waals surface area contributed by atoms with Gasteiger partial charge in [0, 0.05) is 40.7 Å². The van der Waals surface area contributed by atoms with Crippen LogP contribution in [0.2, 0.25) is 5.02 Å². The van der Waals surface area contributed by atoms with Crippen LogP contribution in [-0.4, -0.2) is 22.1 Å². The number of para-hydroxylation sites is 1. The summed E-state index contributed by atoms with van der Waals surface area (Å²) in [6.07, 6.45) is 2.26. The Kier molecular flexibility index (Phi) is 6.70. The van der Waals surface area contributed by atoms with Crippen LogP contribution in [0.5, 0.6) is 5.75 Å². The van der Waals surface area contributed by atoms with E-state index in [1.54, 1.807) is 0 Å². The van der Waals surface area contributed by atoms with Gasteiger partial charge < -0.3 is 14.8 Å². The summed E-state index contributed by atoms with van der Waals surface area (Å²) in [6, 6.07) is 26.7. The molecule has 0 fully saturated rings. The Labute approximate surface area is 208 Å². The highest BCUT2D eigenvalue weighted by Gasteiger charge is 2.21. The summed E-state index contributed by atoms with van der Waals surface area (Å²) in [6.45, 7) is 0.747. The molecule has 4 aromatic carbocycles. The summed E-state index contributed by atoms with van der Waals surface area (Å²) >= 11 is 6.00. The number of carbonyl (C=O) groups is 1. The van der Waals surface area contributed by atoms with Gasteiger partial charge in [-0.3, -0.25) is 10.1 Å². The van der Waals surface area contributed by atoms with E-state index in [1.165, 1.54) is 0 Å². The topological polar surface area (TPSA) is 74.3 Å². The third kappa shape index (κ3) is 5.16. The van der Waals surface area contributed by atoms with Crippen LogP contribution in [0.15, 0.2) is 91.1 Å². The van der Waals surface area contributed by atoms with Crippen molar-refractivity contribution in [3.8, 4) is 5.75 Å². The van der Waals surface area contributed by atoms with Crippen LogP contribution in [0.25, 0.3) is 21.7 Å². The van der Waals surface area contributed by atoms with Crippen LogP contribution >= 0.6 is 11.6 Å². The molecule has 5 nitrogen and oxygen atoms in total. The Hall–Kier alpha value is -3.80. The monoisotopic (exact) mass is 484 g/mol. The number of hydrogen-bond acceptors (Lipinski definition) is 3. The zero-order valence-electron chi connectivity index (χ0n) is 19.0. The van der Waals surface area contributed by atoms with Gasteiger partial charge in [-0.1, -0.05) is 72.3 Å². The number of fused-ring (bicyclic) bond motifs is 2. The van der Waals surface area contributed by atoms with Crippen molar-refractivity contribution in [3.63, 3.8) is 0 Å². The second-order valence-electron chi connectivity index (χ2n) is 8.51. The Balaban J connectivity index is 1.39. The van der Waals surface area contributed by atoms with E-state index in [0.717, 1.165) is 44.1 Å². The van der Waals surface area contributed by atoms with E-state index >= 15 is 0 Å². The summed E-state index contributed by atoms with van der Waals surface area (Å²) in [5.74, 6) is -0.165. The molecule has 0 aliphatic rings. The zero-order valence-corrected chi connectivity index (χ0v) is 19.8. The Morgan fingerprint density at radius 3 is 2.49 bits per heavy atom. The number of rotatable bonds is 9. The van der Waals surface area contributed by atoms with Gasteiger partial charge in [0.1, 0.15) is 18.4 Å². The zero-order chi connectivity index (χ0) is 24.2. The van der Waals surface area contributed by atoms with Gasteiger partial charge in [0.15, 0.2) is 0 Å². The smallest absolute Gasteiger partial charge is 0.321 e. The van der Waals surface area contributed by atoms with Gasteiger partial charge in [0.2, 0.25) is 0 Å². The number of aromatic nitrogens is 1. The largest absolute Gasteiger partial charge is 0.489 e. The fraction of sp³-hybridized carbons (Fsp3) is 0.138. The minimum atomic E-state index is -0.890. The van der Waals surface area contributed by atoms with Crippen LogP contribution in [0, 0.1) is 0 Å². The third-order valence-electron chi connectivity index (χ3n) is 6.23. The van der Waals surface area contributed by atoms with E-state index in [9.17, 15) is 9.90 Å². The number of halogens is 1. The standard InChI is InChI=1S/C29H25ClN2O3/c30-22-12-9-19(10-13-22)18-35-28-14-11-20-5-1-2-6-23(20)25(28)17-32-27(29(33)34)15-21-16-31-26-8-4-3-7-24(21)26/h1-14,16,27,31-32H,15,17-18H2,(H,33,34). The minimum Gasteiger partial charge on any atom is -0.489 e. The lowest BCUT2D eigenvalue weighted by Crippen LogP contribution is -2.38. The Morgan fingerprint density at radius 1 is 0.943 bits per heavy atom. The summed E-state index contributed by atoms with van der Waals surface area (Å²) in [7, 11) is 0. The number of aliphatic carboxylic acids is 1. The first kappa shape index (κ1) is 23.0. The second-order valence-corrected chi connectivity index (χ2v) is 8.95. The fourth-order valence-corrected chi connectivity index (χ4v) is 4.49. The number of H-pyrrole nitrogens is 1. The predicted molar refractivity (Wildman–Crippen MR) is 140 cm³/mol. The molecule has 1 aromatic heterocycles. The molecular weight excluding hydrogens is 460 g/mol. The van der Waals surface area contributed by atoms with Crippen molar-refractivity contribution in [1.29, 1.82) is 0 Å². The van der Waals surface area contributed by atoms with Crippen molar-refractivity contribution >= 4 is 39.2 Å². The average molecular weight is 485 g/mol. The number of aromatic amines is 1. The number of hydrogen-bond donors (Lipinski definition) is 3. The van der Waals surface area contributed by atoms with Gasteiger partial charge in [-0.15, -0.1) is 0 Å². The van der Waals surface area contributed by atoms with Crippen LogP contribution in [0.3, 0.4) is 0 Å². The quantitative estimate of drug-likeness (QED) is 0.228. The molecule has 176 valence electrons. The van der Waals surface area contributed by atoms with E-state index in [0.29, 0.717) is 24.6 Å². The summed E-state index contributed by atoms with van der Waals surface area (Å²) in [5, 5.41) is 17.1. The van der Waals surface area contributed by atoms with E-state index in [4.69, 9.17) is 16.3 Å². The third-order valence-corrected chi connectivity index (χ3v) is 6.48. The van der Waals surface area contributed by atoms with Gasteiger partial charge in [-0.05, 0) is 46.2 Å². The molecule has 0 saturated carbocycles. The minimum absolute atomic E-state index is 0.358. The van der Waals surface area contributed by atoms with Crippen molar-refractivity contribution in [1.82, 2.24) is 10.3 Å². The fourth-order valence-electron chi connectivity index (χ4n) is 4.37.